The van der Waals surface area contributed by atoms with Crippen molar-refractivity contribution >= 4 is 40.6 Å². The highest BCUT2D eigenvalue weighted by Crippen LogP contribution is 2.30. The van der Waals surface area contributed by atoms with Crippen molar-refractivity contribution in [3.05, 3.63) is 82.8 Å². The molecule has 0 radical (unpaired) electrons. The van der Waals surface area contributed by atoms with Gasteiger partial charge in [-0.1, -0.05) is 61.5 Å². The van der Waals surface area contributed by atoms with Crippen LogP contribution in [-0.4, -0.2) is 28.5 Å². The van der Waals surface area contributed by atoms with Gasteiger partial charge in [0.2, 0.25) is 5.91 Å². The van der Waals surface area contributed by atoms with E-state index >= 15 is 0 Å². The van der Waals surface area contributed by atoms with Crippen LogP contribution in [0.3, 0.4) is 0 Å². The Hall–Kier alpha value is -3.12. The molecule has 1 heterocycles. The van der Waals surface area contributed by atoms with Crippen LogP contribution in [0.5, 0.6) is 0 Å². The third kappa shape index (κ3) is 4.98. The predicted molar refractivity (Wildman–Crippen MR) is 113 cm³/mol. The number of hydrogen-bond donors (Lipinski definition) is 1. The number of allylic oxidation sites excluding steroid dienone is 2. The van der Waals surface area contributed by atoms with Gasteiger partial charge in [-0.2, -0.15) is 0 Å². The number of benzene rings is 2. The van der Waals surface area contributed by atoms with Gasteiger partial charge in [0, 0.05) is 5.69 Å². The van der Waals surface area contributed by atoms with Crippen molar-refractivity contribution < 1.29 is 14.4 Å². The SMILES string of the molecule is CCc1ccc(NC(=O)CN2C(=O)S/C(=C/C=C/c3ccccc3)C2=O)cc1. The first kappa shape index (κ1) is 19.6. The summed E-state index contributed by atoms with van der Waals surface area (Å²) in [7, 11) is 0. The molecule has 1 fully saturated rings. The second-order valence-corrected chi connectivity index (χ2v) is 7.15. The highest BCUT2D eigenvalue weighted by molar-refractivity contribution is 8.18. The van der Waals surface area contributed by atoms with Gasteiger partial charge in [0.25, 0.3) is 11.1 Å². The molecule has 0 saturated carbocycles. The van der Waals surface area contributed by atoms with Crippen LogP contribution in [0.25, 0.3) is 6.08 Å². The van der Waals surface area contributed by atoms with E-state index in [9.17, 15) is 14.4 Å². The van der Waals surface area contributed by atoms with Crippen molar-refractivity contribution in [2.45, 2.75) is 13.3 Å². The fourth-order valence-electron chi connectivity index (χ4n) is 2.63. The van der Waals surface area contributed by atoms with E-state index < -0.39 is 17.1 Å². The molecule has 0 unspecified atom stereocenters. The molecule has 0 atom stereocenters. The number of imide groups is 1. The average Bonchev–Trinajstić information content (AvgIpc) is 2.97. The van der Waals surface area contributed by atoms with E-state index in [0.717, 1.165) is 34.2 Å². The highest BCUT2D eigenvalue weighted by atomic mass is 32.2. The molecule has 0 bridgehead atoms. The Bertz CT molecular complexity index is 934. The van der Waals surface area contributed by atoms with Crippen molar-refractivity contribution in [1.29, 1.82) is 0 Å². The number of nitrogens with one attached hydrogen (secondary N) is 1. The molecule has 142 valence electrons. The third-order valence-corrected chi connectivity index (χ3v) is 5.08. The number of rotatable bonds is 6. The maximum atomic E-state index is 12.4. The van der Waals surface area contributed by atoms with E-state index in [1.807, 2.05) is 48.5 Å². The summed E-state index contributed by atoms with van der Waals surface area (Å²) in [5.41, 5.74) is 2.79. The fourth-order valence-corrected chi connectivity index (χ4v) is 3.42. The van der Waals surface area contributed by atoms with Gasteiger partial charge in [0.05, 0.1) is 4.91 Å². The Morgan fingerprint density at radius 3 is 2.46 bits per heavy atom. The van der Waals surface area contributed by atoms with Crippen LogP contribution >= 0.6 is 11.8 Å². The zero-order valence-electron chi connectivity index (χ0n) is 15.4. The zero-order valence-corrected chi connectivity index (χ0v) is 16.2. The molecule has 3 rings (SSSR count). The minimum atomic E-state index is -0.454. The van der Waals surface area contributed by atoms with Crippen LogP contribution in [0.4, 0.5) is 10.5 Å². The first-order valence-electron chi connectivity index (χ1n) is 8.92. The normalized spacial score (nSPS) is 15.6. The van der Waals surface area contributed by atoms with Crippen LogP contribution in [0.15, 0.2) is 71.7 Å². The van der Waals surface area contributed by atoms with E-state index in [0.29, 0.717) is 10.6 Å². The molecule has 2 aromatic carbocycles. The molecular formula is C22H20N2O3S. The maximum absolute atomic E-state index is 12.4. The van der Waals surface area contributed by atoms with Crippen LogP contribution in [0.2, 0.25) is 0 Å². The summed E-state index contributed by atoms with van der Waals surface area (Å²) < 4.78 is 0. The van der Waals surface area contributed by atoms with Gasteiger partial charge < -0.3 is 5.32 Å². The Morgan fingerprint density at radius 1 is 1.07 bits per heavy atom. The highest BCUT2D eigenvalue weighted by Gasteiger charge is 2.35. The summed E-state index contributed by atoms with van der Waals surface area (Å²) in [5.74, 6) is -0.864. The Kier molecular flexibility index (Phi) is 6.45. The van der Waals surface area contributed by atoms with Crippen molar-refractivity contribution in [3.63, 3.8) is 0 Å². The van der Waals surface area contributed by atoms with E-state index in [1.165, 1.54) is 0 Å². The molecule has 28 heavy (non-hydrogen) atoms. The molecule has 1 N–H and O–H groups in total. The molecule has 5 nitrogen and oxygen atoms in total. The standard InChI is InChI=1S/C22H20N2O3S/c1-2-16-11-13-18(14-12-16)23-20(25)15-24-21(26)19(28-22(24)27)10-6-9-17-7-4-3-5-8-17/h3-14H,2,15H2,1H3,(H,23,25)/b9-6+,19-10+. The monoisotopic (exact) mass is 392 g/mol. The fraction of sp³-hybridized carbons (Fsp3) is 0.136. The minimum Gasteiger partial charge on any atom is -0.325 e. The van der Waals surface area contributed by atoms with Crippen LogP contribution in [-0.2, 0) is 16.0 Å². The quantitative estimate of drug-likeness (QED) is 0.736. The average molecular weight is 392 g/mol. The number of carbonyl (C=O) groups is 3. The van der Waals surface area contributed by atoms with Gasteiger partial charge in [0.1, 0.15) is 6.54 Å². The zero-order chi connectivity index (χ0) is 19.9. The molecule has 1 aliphatic heterocycles. The Morgan fingerprint density at radius 2 is 1.79 bits per heavy atom. The first-order chi connectivity index (χ1) is 13.6. The maximum Gasteiger partial charge on any atom is 0.294 e. The molecule has 6 heteroatoms. The summed E-state index contributed by atoms with van der Waals surface area (Å²) in [5, 5.41) is 2.27. The Balaban J connectivity index is 1.60. The molecule has 0 aliphatic carbocycles. The van der Waals surface area contributed by atoms with Crippen LogP contribution in [0.1, 0.15) is 18.1 Å². The number of thioether (sulfide) groups is 1. The van der Waals surface area contributed by atoms with E-state index in [2.05, 4.69) is 12.2 Å². The summed E-state index contributed by atoms with van der Waals surface area (Å²) in [6, 6.07) is 17.1. The topological polar surface area (TPSA) is 66.5 Å². The van der Waals surface area contributed by atoms with Gasteiger partial charge in [-0.15, -0.1) is 0 Å². The molecule has 1 saturated heterocycles. The number of carbonyl (C=O) groups excluding carboxylic acids is 3. The van der Waals surface area contributed by atoms with Gasteiger partial charge in [-0.05, 0) is 47.5 Å². The lowest BCUT2D eigenvalue weighted by molar-refractivity contribution is -0.127. The van der Waals surface area contributed by atoms with Crippen LogP contribution < -0.4 is 5.32 Å². The van der Waals surface area contributed by atoms with Crippen molar-refractivity contribution in [2.75, 3.05) is 11.9 Å². The van der Waals surface area contributed by atoms with Crippen molar-refractivity contribution in [1.82, 2.24) is 4.90 Å². The number of nitrogens with zero attached hydrogens (tertiary/aromatic N) is 1. The van der Waals surface area contributed by atoms with Crippen molar-refractivity contribution in [3.8, 4) is 0 Å². The lowest BCUT2D eigenvalue weighted by Gasteiger charge is -2.12. The summed E-state index contributed by atoms with van der Waals surface area (Å²) in [4.78, 5) is 38.0. The second kappa shape index (κ2) is 9.19. The lowest BCUT2D eigenvalue weighted by Crippen LogP contribution is -2.36. The summed E-state index contributed by atoms with van der Waals surface area (Å²) in [6.07, 6.45) is 6.08. The molecule has 0 spiro atoms. The van der Waals surface area contributed by atoms with Crippen LogP contribution in [0, 0.1) is 0 Å². The van der Waals surface area contributed by atoms with Gasteiger partial charge in [-0.3, -0.25) is 19.3 Å². The van der Waals surface area contributed by atoms with Gasteiger partial charge in [0.15, 0.2) is 0 Å². The molecular weight excluding hydrogens is 372 g/mol. The molecule has 3 amide bonds. The minimum absolute atomic E-state index is 0.303. The van der Waals surface area contributed by atoms with Crippen molar-refractivity contribution in [2.24, 2.45) is 0 Å². The largest absolute Gasteiger partial charge is 0.325 e. The number of hydrogen-bond acceptors (Lipinski definition) is 4. The van der Waals surface area contributed by atoms with Gasteiger partial charge >= 0.3 is 0 Å². The molecule has 1 aliphatic rings. The lowest BCUT2D eigenvalue weighted by atomic mass is 10.1. The number of anilines is 1. The first-order valence-corrected chi connectivity index (χ1v) is 9.74. The third-order valence-electron chi connectivity index (χ3n) is 4.16. The molecule has 2 aromatic rings. The van der Waals surface area contributed by atoms with E-state index in [4.69, 9.17) is 0 Å². The Labute approximate surface area is 168 Å². The van der Waals surface area contributed by atoms with E-state index in [1.54, 1.807) is 24.3 Å². The summed E-state index contributed by atoms with van der Waals surface area (Å²) in [6.45, 7) is 1.75. The number of amides is 3. The molecule has 0 aromatic heterocycles. The smallest absolute Gasteiger partial charge is 0.294 e. The predicted octanol–water partition coefficient (Wildman–Crippen LogP) is 4.48. The van der Waals surface area contributed by atoms with E-state index in [-0.39, 0.29) is 6.54 Å². The summed E-state index contributed by atoms with van der Waals surface area (Å²) >= 11 is 0.837. The van der Waals surface area contributed by atoms with Gasteiger partial charge in [-0.25, -0.2) is 0 Å². The second-order valence-electron chi connectivity index (χ2n) is 6.16. The number of aryl methyl sites for hydroxylation is 1.